The van der Waals surface area contributed by atoms with Gasteiger partial charge in [0.1, 0.15) is 0 Å². The standard InChI is InChI=1S/C17H17F3N2O/c1-2-11-7-8-12-5-3-4-6-13(12)15(11)16(17(18,19)20)22-10-9-14(23)21-22/h3-8,16H,2,9-10H2,1H3,(H,21,23)/t16-/m0/s1. The Morgan fingerprint density at radius 1 is 1.22 bits per heavy atom. The predicted molar refractivity (Wildman–Crippen MR) is 81.6 cm³/mol. The van der Waals surface area contributed by atoms with Crippen LogP contribution in [0, 0.1) is 0 Å². The van der Waals surface area contributed by atoms with Crippen LogP contribution in [0.2, 0.25) is 0 Å². The van der Waals surface area contributed by atoms with E-state index < -0.39 is 12.2 Å². The first-order chi connectivity index (χ1) is 10.9. The van der Waals surface area contributed by atoms with Gasteiger partial charge in [-0.2, -0.15) is 13.2 Å². The van der Waals surface area contributed by atoms with Gasteiger partial charge in [-0.25, -0.2) is 5.01 Å². The van der Waals surface area contributed by atoms with Crippen molar-refractivity contribution in [2.24, 2.45) is 0 Å². The first-order valence-corrected chi connectivity index (χ1v) is 7.55. The van der Waals surface area contributed by atoms with Gasteiger partial charge in [-0.05, 0) is 28.3 Å². The lowest BCUT2D eigenvalue weighted by Crippen LogP contribution is -2.44. The van der Waals surface area contributed by atoms with E-state index in [4.69, 9.17) is 0 Å². The third-order valence-corrected chi connectivity index (χ3v) is 4.19. The van der Waals surface area contributed by atoms with E-state index in [1.165, 1.54) is 0 Å². The number of alkyl halides is 3. The number of halogens is 3. The number of hydrazine groups is 1. The molecule has 122 valence electrons. The lowest BCUT2D eigenvalue weighted by atomic mass is 9.91. The first kappa shape index (κ1) is 15.8. The normalized spacial score (nSPS) is 17.5. The van der Waals surface area contributed by atoms with Crippen molar-refractivity contribution in [3.05, 3.63) is 47.5 Å². The Bertz CT molecular complexity index is 742. The van der Waals surface area contributed by atoms with Crippen LogP contribution >= 0.6 is 0 Å². The second-order valence-electron chi connectivity index (χ2n) is 5.64. The second kappa shape index (κ2) is 5.85. The topological polar surface area (TPSA) is 32.3 Å². The zero-order valence-electron chi connectivity index (χ0n) is 12.7. The highest BCUT2D eigenvalue weighted by molar-refractivity contribution is 5.87. The van der Waals surface area contributed by atoms with Crippen LogP contribution in [-0.2, 0) is 11.2 Å². The molecule has 1 atom stereocenters. The molecule has 1 N–H and O–H groups in total. The van der Waals surface area contributed by atoms with Crippen LogP contribution in [0.3, 0.4) is 0 Å². The lowest BCUT2D eigenvalue weighted by molar-refractivity contribution is -0.190. The van der Waals surface area contributed by atoms with Gasteiger partial charge in [0.05, 0.1) is 0 Å². The van der Waals surface area contributed by atoms with Crippen LogP contribution in [0.4, 0.5) is 13.2 Å². The van der Waals surface area contributed by atoms with E-state index in [9.17, 15) is 18.0 Å². The van der Waals surface area contributed by atoms with Crippen LogP contribution in [0.25, 0.3) is 10.8 Å². The maximum absolute atomic E-state index is 13.8. The minimum atomic E-state index is -4.48. The summed E-state index contributed by atoms with van der Waals surface area (Å²) in [6, 6.07) is 8.80. The Balaban J connectivity index is 2.23. The summed E-state index contributed by atoms with van der Waals surface area (Å²) in [5.41, 5.74) is 3.23. The fourth-order valence-electron chi connectivity index (χ4n) is 3.16. The van der Waals surface area contributed by atoms with Gasteiger partial charge >= 0.3 is 6.18 Å². The zero-order chi connectivity index (χ0) is 16.6. The van der Waals surface area contributed by atoms with Crippen molar-refractivity contribution < 1.29 is 18.0 Å². The smallest absolute Gasteiger partial charge is 0.288 e. The summed E-state index contributed by atoms with van der Waals surface area (Å²) in [4.78, 5) is 11.4. The summed E-state index contributed by atoms with van der Waals surface area (Å²) in [7, 11) is 0. The zero-order valence-corrected chi connectivity index (χ0v) is 12.7. The molecular weight excluding hydrogens is 305 g/mol. The number of hydrogen-bond acceptors (Lipinski definition) is 2. The highest BCUT2D eigenvalue weighted by Crippen LogP contribution is 2.42. The molecule has 2 aromatic rings. The molecule has 23 heavy (non-hydrogen) atoms. The van der Waals surface area contributed by atoms with Gasteiger partial charge in [0.25, 0.3) is 0 Å². The quantitative estimate of drug-likeness (QED) is 0.933. The molecule has 3 nitrogen and oxygen atoms in total. The van der Waals surface area contributed by atoms with E-state index >= 15 is 0 Å². The molecule has 0 aliphatic carbocycles. The van der Waals surface area contributed by atoms with Crippen molar-refractivity contribution in [2.45, 2.75) is 32.0 Å². The molecule has 1 amide bonds. The van der Waals surface area contributed by atoms with Gasteiger partial charge in [-0.1, -0.05) is 43.3 Å². The van der Waals surface area contributed by atoms with Gasteiger partial charge < -0.3 is 0 Å². The molecule has 0 bridgehead atoms. The van der Waals surface area contributed by atoms with Crippen LogP contribution in [0.1, 0.15) is 30.5 Å². The summed E-state index contributed by atoms with van der Waals surface area (Å²) >= 11 is 0. The number of benzene rings is 2. The highest BCUT2D eigenvalue weighted by atomic mass is 19.4. The Morgan fingerprint density at radius 3 is 2.57 bits per heavy atom. The maximum atomic E-state index is 13.8. The molecule has 0 aromatic heterocycles. The number of aryl methyl sites for hydroxylation is 1. The Labute approximate surface area is 132 Å². The summed E-state index contributed by atoms with van der Waals surface area (Å²) in [5.74, 6) is -0.377. The lowest BCUT2D eigenvalue weighted by Gasteiger charge is -2.31. The van der Waals surface area contributed by atoms with E-state index in [0.29, 0.717) is 17.4 Å². The van der Waals surface area contributed by atoms with E-state index in [1.54, 1.807) is 30.3 Å². The summed E-state index contributed by atoms with van der Waals surface area (Å²) in [6.07, 6.45) is -3.90. The number of fused-ring (bicyclic) bond motifs is 1. The number of hydrogen-bond donors (Lipinski definition) is 1. The highest BCUT2D eigenvalue weighted by Gasteiger charge is 2.48. The molecular formula is C17H17F3N2O. The van der Waals surface area contributed by atoms with E-state index in [0.717, 1.165) is 10.4 Å². The number of carbonyl (C=O) groups is 1. The van der Waals surface area contributed by atoms with Crippen molar-refractivity contribution in [1.82, 2.24) is 10.4 Å². The van der Waals surface area contributed by atoms with Crippen molar-refractivity contribution in [3.63, 3.8) is 0 Å². The molecule has 1 aliphatic heterocycles. The van der Waals surface area contributed by atoms with Gasteiger partial charge in [-0.3, -0.25) is 10.2 Å². The van der Waals surface area contributed by atoms with Crippen molar-refractivity contribution >= 4 is 16.7 Å². The third-order valence-electron chi connectivity index (χ3n) is 4.19. The molecule has 0 unspecified atom stereocenters. The fourth-order valence-corrected chi connectivity index (χ4v) is 3.16. The van der Waals surface area contributed by atoms with Gasteiger partial charge in [0.15, 0.2) is 6.04 Å². The van der Waals surface area contributed by atoms with E-state index in [1.807, 2.05) is 13.0 Å². The number of rotatable bonds is 3. The van der Waals surface area contributed by atoms with Crippen LogP contribution < -0.4 is 5.43 Å². The minimum Gasteiger partial charge on any atom is -0.288 e. The largest absolute Gasteiger partial charge is 0.409 e. The van der Waals surface area contributed by atoms with Crippen molar-refractivity contribution in [1.29, 1.82) is 0 Å². The van der Waals surface area contributed by atoms with Crippen LogP contribution in [0.15, 0.2) is 36.4 Å². The average Bonchev–Trinajstić information content (AvgIpc) is 2.92. The summed E-state index contributed by atoms with van der Waals surface area (Å²) < 4.78 is 41.5. The molecule has 6 heteroatoms. The minimum absolute atomic E-state index is 0.0510. The molecule has 3 rings (SSSR count). The summed E-state index contributed by atoms with van der Waals surface area (Å²) in [6.45, 7) is 1.89. The number of nitrogens with zero attached hydrogens (tertiary/aromatic N) is 1. The van der Waals surface area contributed by atoms with Crippen LogP contribution in [0.5, 0.6) is 0 Å². The average molecular weight is 322 g/mol. The Kier molecular flexibility index (Phi) is 4.02. The number of amides is 1. The molecule has 0 saturated carbocycles. The Hall–Kier alpha value is -2.08. The Morgan fingerprint density at radius 2 is 1.96 bits per heavy atom. The fraction of sp³-hybridized carbons (Fsp3) is 0.353. The number of nitrogens with one attached hydrogen (secondary N) is 1. The predicted octanol–water partition coefficient (Wildman–Crippen LogP) is 3.74. The molecule has 1 aliphatic rings. The molecule has 2 aromatic carbocycles. The van der Waals surface area contributed by atoms with Gasteiger partial charge in [-0.15, -0.1) is 0 Å². The molecule has 1 fully saturated rings. The molecule has 0 radical (unpaired) electrons. The molecule has 0 spiro atoms. The summed E-state index contributed by atoms with van der Waals surface area (Å²) in [5, 5.41) is 2.36. The molecule has 1 saturated heterocycles. The monoisotopic (exact) mass is 322 g/mol. The van der Waals surface area contributed by atoms with Crippen molar-refractivity contribution in [2.75, 3.05) is 6.54 Å². The SMILES string of the molecule is CCc1ccc2ccccc2c1[C@H](N1CCC(=O)N1)C(F)(F)F. The van der Waals surface area contributed by atoms with Crippen LogP contribution in [-0.4, -0.2) is 23.6 Å². The van der Waals surface area contributed by atoms with Gasteiger partial charge in [0, 0.05) is 13.0 Å². The van der Waals surface area contributed by atoms with E-state index in [-0.39, 0.29) is 24.4 Å². The second-order valence-corrected chi connectivity index (χ2v) is 5.64. The molecule has 1 heterocycles. The maximum Gasteiger partial charge on any atom is 0.409 e. The third kappa shape index (κ3) is 2.91. The number of carbonyl (C=O) groups excluding carboxylic acids is 1. The van der Waals surface area contributed by atoms with E-state index in [2.05, 4.69) is 5.43 Å². The first-order valence-electron chi connectivity index (χ1n) is 7.55. The van der Waals surface area contributed by atoms with Crippen molar-refractivity contribution in [3.8, 4) is 0 Å². The van der Waals surface area contributed by atoms with Gasteiger partial charge in [0.2, 0.25) is 5.91 Å².